The number of allylic oxidation sites excluding steroid dienone is 1. The first-order valence-electron chi connectivity index (χ1n) is 9.37. The van der Waals surface area contributed by atoms with Gasteiger partial charge >= 0.3 is 0 Å². The van der Waals surface area contributed by atoms with Gasteiger partial charge in [0.25, 0.3) is 0 Å². The Kier molecular flexibility index (Phi) is 3.42. The van der Waals surface area contributed by atoms with Crippen molar-refractivity contribution < 1.29 is 15.0 Å². The van der Waals surface area contributed by atoms with Crippen molar-refractivity contribution in [1.29, 1.82) is 5.26 Å². The van der Waals surface area contributed by atoms with Crippen LogP contribution in [0.3, 0.4) is 0 Å². The van der Waals surface area contributed by atoms with E-state index in [0.29, 0.717) is 24.2 Å². The van der Waals surface area contributed by atoms with Crippen molar-refractivity contribution in [1.82, 2.24) is 0 Å². The molecule has 0 heterocycles. The zero-order valence-corrected chi connectivity index (χ0v) is 14.6. The predicted molar refractivity (Wildman–Crippen MR) is 88.8 cm³/mol. The van der Waals surface area contributed by atoms with E-state index in [4.69, 9.17) is 0 Å². The van der Waals surface area contributed by atoms with Crippen LogP contribution in [0.1, 0.15) is 58.8 Å². The quantitative estimate of drug-likeness (QED) is 0.712. The Morgan fingerprint density at radius 2 is 1.92 bits per heavy atom. The predicted octanol–water partition coefficient (Wildman–Crippen LogP) is 3.51. The second-order valence-corrected chi connectivity index (χ2v) is 9.05. The van der Waals surface area contributed by atoms with Crippen molar-refractivity contribution in [2.45, 2.75) is 64.9 Å². The molecule has 4 nitrogen and oxygen atoms in total. The van der Waals surface area contributed by atoms with Crippen molar-refractivity contribution in [2.75, 3.05) is 0 Å². The SMILES string of the molecule is C[C@]12CC(C#N)C(=O)C(O)=C1CC[C@@H]1[C@@H]2CC[C@]2(C)C(O)CC[C@@H]12. The molecule has 4 heteroatoms. The molecule has 24 heavy (non-hydrogen) atoms. The summed E-state index contributed by atoms with van der Waals surface area (Å²) in [7, 11) is 0. The van der Waals surface area contributed by atoms with Gasteiger partial charge in [0, 0.05) is 0 Å². The monoisotopic (exact) mass is 329 g/mol. The fourth-order valence-electron chi connectivity index (χ4n) is 6.87. The van der Waals surface area contributed by atoms with E-state index in [2.05, 4.69) is 19.9 Å². The number of ketones is 1. The summed E-state index contributed by atoms with van der Waals surface area (Å²) in [6.45, 7) is 4.42. The standard InChI is InChI=1S/C20H27NO3/c1-19-8-7-14-12(13(19)5-6-16(19)22)3-4-15-18(24)17(23)11(10-21)9-20(14,15)2/h11-14,16,22,24H,3-9H2,1-2H3/t11?,12-,13-,14-,16?,19-,20+/m0/s1. The summed E-state index contributed by atoms with van der Waals surface area (Å²) in [5.41, 5.74) is 0.693. The summed E-state index contributed by atoms with van der Waals surface area (Å²) in [4.78, 5) is 12.2. The second kappa shape index (κ2) is 5.08. The Hall–Kier alpha value is -1.34. The Labute approximate surface area is 143 Å². The molecule has 7 atom stereocenters. The van der Waals surface area contributed by atoms with Crippen LogP contribution in [0.4, 0.5) is 0 Å². The van der Waals surface area contributed by atoms with Crippen molar-refractivity contribution >= 4 is 5.78 Å². The van der Waals surface area contributed by atoms with Crippen molar-refractivity contribution in [2.24, 2.45) is 34.5 Å². The van der Waals surface area contributed by atoms with Crippen LogP contribution < -0.4 is 0 Å². The van der Waals surface area contributed by atoms with E-state index in [-0.39, 0.29) is 28.5 Å². The number of aliphatic hydroxyl groups is 2. The first-order chi connectivity index (χ1) is 11.3. The second-order valence-electron chi connectivity index (χ2n) is 9.05. The van der Waals surface area contributed by atoms with Gasteiger partial charge in [-0.3, -0.25) is 4.79 Å². The number of carbonyl (C=O) groups is 1. The Bertz CT molecular complexity index is 662. The smallest absolute Gasteiger partial charge is 0.214 e. The lowest BCUT2D eigenvalue weighted by Crippen LogP contribution is -2.52. The van der Waals surface area contributed by atoms with Gasteiger partial charge in [-0.1, -0.05) is 13.8 Å². The minimum Gasteiger partial charge on any atom is -0.504 e. The molecule has 0 aliphatic heterocycles. The number of nitrogens with zero attached hydrogens (tertiary/aromatic N) is 1. The Morgan fingerprint density at radius 1 is 1.17 bits per heavy atom. The molecule has 3 fully saturated rings. The first kappa shape index (κ1) is 16.1. The fourth-order valence-corrected chi connectivity index (χ4v) is 6.87. The lowest BCUT2D eigenvalue weighted by atomic mass is 9.46. The Morgan fingerprint density at radius 3 is 2.62 bits per heavy atom. The number of aliphatic hydroxyl groups excluding tert-OH is 2. The van der Waals surface area contributed by atoms with E-state index in [1.165, 1.54) is 0 Å². The third-order valence-electron chi connectivity index (χ3n) is 8.24. The third-order valence-corrected chi connectivity index (χ3v) is 8.24. The largest absolute Gasteiger partial charge is 0.504 e. The van der Waals surface area contributed by atoms with E-state index in [1.54, 1.807) is 0 Å². The van der Waals surface area contributed by atoms with Crippen molar-refractivity contribution in [3.05, 3.63) is 11.3 Å². The third kappa shape index (κ3) is 1.85. The topological polar surface area (TPSA) is 81.3 Å². The summed E-state index contributed by atoms with van der Waals surface area (Å²) in [6.07, 6.45) is 6.13. The van der Waals surface area contributed by atoms with Gasteiger partial charge in [0.1, 0.15) is 5.92 Å². The van der Waals surface area contributed by atoms with Gasteiger partial charge in [-0.15, -0.1) is 0 Å². The summed E-state index contributed by atoms with van der Waals surface area (Å²) < 4.78 is 0. The summed E-state index contributed by atoms with van der Waals surface area (Å²) in [6, 6.07) is 2.11. The van der Waals surface area contributed by atoms with E-state index < -0.39 is 5.92 Å². The maximum atomic E-state index is 12.2. The molecule has 2 N–H and O–H groups in total. The first-order valence-corrected chi connectivity index (χ1v) is 9.37. The van der Waals surface area contributed by atoms with Gasteiger partial charge in [-0.2, -0.15) is 5.26 Å². The molecule has 3 saturated carbocycles. The number of rotatable bonds is 0. The molecule has 0 aromatic carbocycles. The summed E-state index contributed by atoms with van der Waals surface area (Å²) >= 11 is 0. The molecule has 0 amide bonds. The van der Waals surface area contributed by atoms with Crippen LogP contribution in [0.5, 0.6) is 0 Å². The lowest BCUT2D eigenvalue weighted by Gasteiger charge is -2.58. The lowest BCUT2D eigenvalue weighted by molar-refractivity contribution is -0.125. The van der Waals surface area contributed by atoms with Gasteiger partial charge in [-0.25, -0.2) is 0 Å². The van der Waals surface area contributed by atoms with Gasteiger partial charge in [0.15, 0.2) is 5.76 Å². The molecule has 0 spiro atoms. The number of nitriles is 1. The molecule has 0 radical (unpaired) electrons. The molecular formula is C20H27NO3. The zero-order chi connectivity index (χ0) is 17.3. The summed E-state index contributed by atoms with van der Waals surface area (Å²) in [5, 5.41) is 30.3. The minimum atomic E-state index is -0.708. The highest BCUT2D eigenvalue weighted by Gasteiger charge is 2.60. The van der Waals surface area contributed by atoms with Gasteiger partial charge in [-0.05, 0) is 79.1 Å². The van der Waals surface area contributed by atoms with Crippen molar-refractivity contribution in [3.8, 4) is 6.07 Å². The average molecular weight is 329 g/mol. The zero-order valence-electron chi connectivity index (χ0n) is 14.6. The molecule has 2 unspecified atom stereocenters. The number of hydrogen-bond donors (Lipinski definition) is 2. The van der Waals surface area contributed by atoms with Crippen LogP contribution in [0.15, 0.2) is 11.3 Å². The van der Waals surface area contributed by atoms with Crippen LogP contribution in [0.2, 0.25) is 0 Å². The van der Waals surface area contributed by atoms with E-state index >= 15 is 0 Å². The maximum Gasteiger partial charge on any atom is 0.214 e. The number of hydrogen-bond acceptors (Lipinski definition) is 4. The van der Waals surface area contributed by atoms with Crippen molar-refractivity contribution in [3.63, 3.8) is 0 Å². The molecule has 130 valence electrons. The summed E-state index contributed by atoms with van der Waals surface area (Å²) in [5.74, 6) is 0.282. The fraction of sp³-hybridized carbons (Fsp3) is 0.800. The molecule has 0 aromatic rings. The normalized spacial score (nSPS) is 50.8. The van der Waals surface area contributed by atoms with Gasteiger partial charge in [0.2, 0.25) is 5.78 Å². The highest BCUT2D eigenvalue weighted by Crippen LogP contribution is 2.65. The van der Waals surface area contributed by atoms with Gasteiger partial charge in [0.05, 0.1) is 12.2 Å². The molecule has 4 rings (SSSR count). The molecule has 4 aliphatic carbocycles. The number of Topliss-reactive ketones (excluding diaryl/α,β-unsaturated/α-hetero) is 1. The number of carbonyl (C=O) groups excluding carboxylic acids is 1. The molecule has 0 aromatic heterocycles. The minimum absolute atomic E-state index is 0.0277. The van der Waals surface area contributed by atoms with Crippen LogP contribution >= 0.6 is 0 Å². The Balaban J connectivity index is 1.74. The van der Waals surface area contributed by atoms with Gasteiger partial charge < -0.3 is 10.2 Å². The highest BCUT2D eigenvalue weighted by molar-refractivity contribution is 5.98. The maximum absolute atomic E-state index is 12.2. The van der Waals surface area contributed by atoms with E-state index in [1.807, 2.05) is 0 Å². The van der Waals surface area contributed by atoms with Crippen LogP contribution in [-0.4, -0.2) is 22.1 Å². The molecule has 4 aliphatic rings. The highest BCUT2D eigenvalue weighted by atomic mass is 16.3. The van der Waals surface area contributed by atoms with Crippen LogP contribution in [0.25, 0.3) is 0 Å². The van der Waals surface area contributed by atoms with Crippen LogP contribution in [0, 0.1) is 45.8 Å². The number of fused-ring (bicyclic) bond motifs is 5. The molecular weight excluding hydrogens is 302 g/mol. The average Bonchev–Trinajstić information content (AvgIpc) is 2.86. The van der Waals surface area contributed by atoms with E-state index in [9.17, 15) is 20.3 Å². The molecule has 0 saturated heterocycles. The molecule has 0 bridgehead atoms. The van der Waals surface area contributed by atoms with E-state index in [0.717, 1.165) is 44.1 Å². The van der Waals surface area contributed by atoms with Crippen LogP contribution in [-0.2, 0) is 4.79 Å².